The highest BCUT2D eigenvalue weighted by molar-refractivity contribution is 5.66. The zero-order valence-electron chi connectivity index (χ0n) is 23.1. The number of aliphatic hydroxyl groups excluding tert-OH is 1. The Kier molecular flexibility index (Phi) is 9.30. The Hall–Kier alpha value is -3.47. The van der Waals surface area contributed by atoms with Crippen molar-refractivity contribution in [3.63, 3.8) is 0 Å². The molecule has 3 aromatic carbocycles. The molecule has 0 spiro atoms. The SMILES string of the molecule is O=C(O)CCC/C=C\C[C@H]1[C@H](/C=C/[C@@H](O)CCc2ccccc2)[C@@H]2C[C@@]1(c1ccc(-c3ccccc3)cc1)CO2. The van der Waals surface area contributed by atoms with E-state index in [2.05, 4.69) is 78.9 Å². The number of hydrogen-bond donors (Lipinski definition) is 2. The van der Waals surface area contributed by atoms with E-state index in [1.54, 1.807) is 0 Å². The third-order valence-electron chi connectivity index (χ3n) is 8.74. The first-order valence-electron chi connectivity index (χ1n) is 14.6. The molecule has 1 aliphatic heterocycles. The smallest absolute Gasteiger partial charge is 0.303 e. The van der Waals surface area contributed by atoms with Gasteiger partial charge in [0.1, 0.15) is 0 Å². The molecule has 1 heterocycles. The number of benzene rings is 3. The Morgan fingerprint density at radius 1 is 0.950 bits per heavy atom. The van der Waals surface area contributed by atoms with Crippen molar-refractivity contribution in [3.8, 4) is 11.1 Å². The average Bonchev–Trinajstić information content (AvgIpc) is 3.56. The van der Waals surface area contributed by atoms with Crippen LogP contribution in [0.15, 0.2) is 109 Å². The van der Waals surface area contributed by atoms with Gasteiger partial charge in [-0.25, -0.2) is 0 Å². The van der Waals surface area contributed by atoms with Crippen LogP contribution >= 0.6 is 0 Å². The van der Waals surface area contributed by atoms with Crippen molar-refractivity contribution in [1.82, 2.24) is 0 Å². The number of aryl methyl sites for hydroxylation is 1. The Morgan fingerprint density at radius 3 is 2.38 bits per heavy atom. The number of allylic oxidation sites excluding steroid dienone is 2. The summed E-state index contributed by atoms with van der Waals surface area (Å²) in [4.78, 5) is 10.9. The van der Waals surface area contributed by atoms with Gasteiger partial charge >= 0.3 is 5.97 Å². The number of unbranched alkanes of at least 4 members (excludes halogenated alkanes) is 1. The second-order valence-corrected chi connectivity index (χ2v) is 11.3. The summed E-state index contributed by atoms with van der Waals surface area (Å²) < 4.78 is 6.38. The molecule has 5 rings (SSSR count). The average molecular weight is 537 g/mol. The van der Waals surface area contributed by atoms with Crippen molar-refractivity contribution in [1.29, 1.82) is 0 Å². The lowest BCUT2D eigenvalue weighted by atomic mass is 9.69. The normalized spacial score (nSPS) is 24.7. The molecule has 0 unspecified atom stereocenters. The molecule has 2 fully saturated rings. The molecule has 208 valence electrons. The number of ether oxygens (including phenoxy) is 1. The Labute approximate surface area is 238 Å². The maximum absolute atomic E-state index is 10.9. The fraction of sp³-hybridized carbons (Fsp3) is 0.361. The first-order valence-corrected chi connectivity index (χ1v) is 14.6. The standard InChI is InChI=1S/C36H40O4/c37-31(22-17-27-11-5-3-6-12-27)23-24-32-33(15-9-1-2-10-16-35(38)39)36(25-34(32)40-26-36)30-20-18-29(19-21-30)28-13-7-4-8-14-28/h1,3-9,11-14,18-21,23-24,31-34,37H,2,10,15-17,22,25-26H2,(H,38,39)/b9-1-,24-23+/t31-,32-,33-,34-,36-/m0/s1. The van der Waals surface area contributed by atoms with E-state index >= 15 is 0 Å². The summed E-state index contributed by atoms with van der Waals surface area (Å²) in [6.07, 6.45) is 13.3. The van der Waals surface area contributed by atoms with Gasteiger partial charge in [-0.3, -0.25) is 4.79 Å². The molecule has 2 bridgehead atoms. The molecule has 0 radical (unpaired) electrons. The molecular formula is C36H40O4. The molecule has 0 aromatic heterocycles. The third kappa shape index (κ3) is 6.63. The van der Waals surface area contributed by atoms with Gasteiger partial charge in [-0.05, 0) is 66.7 Å². The van der Waals surface area contributed by atoms with Gasteiger partial charge in [-0.1, -0.05) is 109 Å². The van der Waals surface area contributed by atoms with Gasteiger partial charge in [0, 0.05) is 17.8 Å². The number of aliphatic hydroxyl groups is 1. The Balaban J connectivity index is 1.32. The fourth-order valence-electron chi connectivity index (χ4n) is 6.59. The molecule has 1 aliphatic carbocycles. The summed E-state index contributed by atoms with van der Waals surface area (Å²) in [6, 6.07) is 29.7. The summed E-state index contributed by atoms with van der Waals surface area (Å²) in [7, 11) is 0. The van der Waals surface area contributed by atoms with E-state index in [9.17, 15) is 9.90 Å². The zero-order valence-corrected chi connectivity index (χ0v) is 23.1. The number of carboxylic acids is 1. The van der Waals surface area contributed by atoms with Crippen LogP contribution in [0.25, 0.3) is 11.1 Å². The highest BCUT2D eigenvalue weighted by Crippen LogP contribution is 2.57. The lowest BCUT2D eigenvalue weighted by Gasteiger charge is -2.38. The predicted molar refractivity (Wildman–Crippen MR) is 160 cm³/mol. The second-order valence-electron chi connectivity index (χ2n) is 11.3. The summed E-state index contributed by atoms with van der Waals surface area (Å²) in [5.41, 5.74) is 4.91. The number of carbonyl (C=O) groups is 1. The van der Waals surface area contributed by atoms with Gasteiger partial charge in [0.2, 0.25) is 0 Å². The fourth-order valence-corrected chi connectivity index (χ4v) is 6.59. The van der Waals surface area contributed by atoms with Crippen LogP contribution in [0.3, 0.4) is 0 Å². The minimum absolute atomic E-state index is 0.0741. The monoisotopic (exact) mass is 536 g/mol. The van der Waals surface area contributed by atoms with Crippen molar-refractivity contribution in [2.45, 2.75) is 62.6 Å². The molecule has 2 N–H and O–H groups in total. The van der Waals surface area contributed by atoms with Crippen LogP contribution in [-0.2, 0) is 21.4 Å². The zero-order chi connectivity index (χ0) is 27.8. The van der Waals surface area contributed by atoms with Crippen LogP contribution < -0.4 is 0 Å². The molecule has 5 atom stereocenters. The van der Waals surface area contributed by atoms with Gasteiger partial charge in [0.25, 0.3) is 0 Å². The van der Waals surface area contributed by atoms with Gasteiger partial charge in [-0.15, -0.1) is 0 Å². The van der Waals surface area contributed by atoms with Crippen molar-refractivity contribution in [2.24, 2.45) is 11.8 Å². The summed E-state index contributed by atoms with van der Waals surface area (Å²) in [5, 5.41) is 19.7. The van der Waals surface area contributed by atoms with Crippen LogP contribution in [0, 0.1) is 11.8 Å². The highest BCUT2D eigenvalue weighted by atomic mass is 16.5. The Morgan fingerprint density at radius 2 is 1.65 bits per heavy atom. The van der Waals surface area contributed by atoms with E-state index in [1.807, 2.05) is 30.3 Å². The van der Waals surface area contributed by atoms with Gasteiger partial charge in [0.05, 0.1) is 18.8 Å². The highest BCUT2D eigenvalue weighted by Gasteiger charge is 2.58. The molecule has 1 saturated carbocycles. The summed E-state index contributed by atoms with van der Waals surface area (Å²) in [6.45, 7) is 0.709. The quantitative estimate of drug-likeness (QED) is 0.177. The van der Waals surface area contributed by atoms with E-state index in [0.29, 0.717) is 25.4 Å². The van der Waals surface area contributed by atoms with Crippen LogP contribution in [0.2, 0.25) is 0 Å². The van der Waals surface area contributed by atoms with E-state index < -0.39 is 12.1 Å². The summed E-state index contributed by atoms with van der Waals surface area (Å²) >= 11 is 0. The maximum Gasteiger partial charge on any atom is 0.303 e. The van der Waals surface area contributed by atoms with Crippen LogP contribution in [-0.4, -0.2) is 35.0 Å². The molecule has 3 aromatic rings. The molecule has 1 saturated heterocycles. The Bertz CT molecular complexity index is 1280. The van der Waals surface area contributed by atoms with Crippen molar-refractivity contribution in [3.05, 3.63) is 120 Å². The number of carboxylic acid groups (broad SMARTS) is 1. The minimum Gasteiger partial charge on any atom is -0.481 e. The van der Waals surface area contributed by atoms with Crippen molar-refractivity contribution >= 4 is 5.97 Å². The van der Waals surface area contributed by atoms with Crippen LogP contribution in [0.1, 0.15) is 49.7 Å². The van der Waals surface area contributed by atoms with Crippen LogP contribution in [0.5, 0.6) is 0 Å². The number of hydrogen-bond acceptors (Lipinski definition) is 3. The van der Waals surface area contributed by atoms with Gasteiger partial charge < -0.3 is 14.9 Å². The van der Waals surface area contributed by atoms with Gasteiger partial charge in [0.15, 0.2) is 0 Å². The van der Waals surface area contributed by atoms with Gasteiger partial charge in [-0.2, -0.15) is 0 Å². The van der Waals surface area contributed by atoms with E-state index in [1.165, 1.54) is 22.3 Å². The molecule has 2 aliphatic rings. The van der Waals surface area contributed by atoms with E-state index in [0.717, 1.165) is 25.7 Å². The first kappa shape index (κ1) is 28.1. The topological polar surface area (TPSA) is 66.8 Å². The molecule has 4 heteroatoms. The molecule has 40 heavy (non-hydrogen) atoms. The molecule has 0 amide bonds. The molecule has 4 nitrogen and oxygen atoms in total. The first-order chi connectivity index (χ1) is 19.5. The maximum atomic E-state index is 10.9. The van der Waals surface area contributed by atoms with Crippen LogP contribution in [0.4, 0.5) is 0 Å². The lowest BCUT2D eigenvalue weighted by Crippen LogP contribution is -2.39. The number of rotatable bonds is 13. The lowest BCUT2D eigenvalue weighted by molar-refractivity contribution is -0.137. The second kappa shape index (κ2) is 13.3. The summed E-state index contributed by atoms with van der Waals surface area (Å²) in [5.74, 6) is -0.174. The van der Waals surface area contributed by atoms with Crippen molar-refractivity contribution in [2.75, 3.05) is 6.61 Å². The van der Waals surface area contributed by atoms with E-state index in [4.69, 9.17) is 9.84 Å². The predicted octanol–water partition coefficient (Wildman–Crippen LogP) is 7.38. The van der Waals surface area contributed by atoms with Crippen molar-refractivity contribution < 1.29 is 19.7 Å². The minimum atomic E-state index is -0.743. The molecular weight excluding hydrogens is 496 g/mol. The van der Waals surface area contributed by atoms with E-state index in [-0.39, 0.29) is 23.9 Å². The third-order valence-corrected chi connectivity index (χ3v) is 8.74. The number of fused-ring (bicyclic) bond motifs is 2. The number of aliphatic carboxylic acids is 1. The largest absolute Gasteiger partial charge is 0.481 e.